The molecule has 1 aliphatic heterocycles. The van der Waals surface area contributed by atoms with Gasteiger partial charge in [-0.3, -0.25) is 0 Å². The van der Waals surface area contributed by atoms with E-state index in [9.17, 15) is 17.2 Å². The second-order valence-electron chi connectivity index (χ2n) is 3.51. The summed E-state index contributed by atoms with van der Waals surface area (Å²) in [5.41, 5.74) is 0. The molecular weight excluding hydrogens is 214 g/mol. The predicted octanol–water partition coefficient (Wildman–Crippen LogP) is 0.269. The third kappa shape index (κ3) is 3.14. The van der Waals surface area contributed by atoms with E-state index < -0.39 is 21.8 Å². The zero-order valence-electron chi connectivity index (χ0n) is 7.83. The molecule has 1 aliphatic rings. The molecule has 0 amide bonds. The Morgan fingerprint density at radius 3 is 2.50 bits per heavy atom. The molecular formula is C7H14F2N2O2S. The van der Waals surface area contributed by atoms with Crippen molar-refractivity contribution in [3.63, 3.8) is 0 Å². The van der Waals surface area contributed by atoms with Gasteiger partial charge in [-0.05, 0) is 19.8 Å². The van der Waals surface area contributed by atoms with Crippen molar-refractivity contribution in [2.45, 2.75) is 37.6 Å². The lowest BCUT2D eigenvalue weighted by Gasteiger charge is -2.27. The second-order valence-corrected chi connectivity index (χ2v) is 5.19. The fourth-order valence-electron chi connectivity index (χ4n) is 1.38. The van der Waals surface area contributed by atoms with Gasteiger partial charge in [0.15, 0.2) is 0 Å². The Labute approximate surface area is 82.1 Å². The lowest BCUT2D eigenvalue weighted by molar-refractivity contribution is 0.229. The predicted molar refractivity (Wildman–Crippen MR) is 48.5 cm³/mol. The van der Waals surface area contributed by atoms with Gasteiger partial charge in [-0.25, -0.2) is 13.1 Å². The van der Waals surface area contributed by atoms with E-state index in [0.717, 1.165) is 6.42 Å². The first-order valence-corrected chi connectivity index (χ1v) is 5.99. The summed E-state index contributed by atoms with van der Waals surface area (Å²) in [7, 11) is -4.44. The van der Waals surface area contributed by atoms with Crippen LogP contribution in [0.25, 0.3) is 0 Å². The van der Waals surface area contributed by atoms with Crippen molar-refractivity contribution in [2.75, 3.05) is 6.54 Å². The summed E-state index contributed by atoms with van der Waals surface area (Å²) in [4.78, 5) is 0. The molecule has 0 saturated carbocycles. The summed E-state index contributed by atoms with van der Waals surface area (Å²) in [5, 5.41) is 3.02. The van der Waals surface area contributed by atoms with Crippen molar-refractivity contribution < 1.29 is 17.2 Å². The maximum atomic E-state index is 12.0. The van der Waals surface area contributed by atoms with E-state index in [1.165, 1.54) is 0 Å². The standard InChI is InChI=1S/C7H14F2N2O2S/c1-5-2-3-6(4-10-5)11-14(12,13)7(8)9/h5-7,10-11H,2-4H2,1H3. The van der Waals surface area contributed by atoms with Crippen LogP contribution in [-0.2, 0) is 10.0 Å². The van der Waals surface area contributed by atoms with Crippen molar-refractivity contribution in [3.05, 3.63) is 0 Å². The van der Waals surface area contributed by atoms with Gasteiger partial charge in [0.05, 0.1) is 0 Å². The molecule has 2 unspecified atom stereocenters. The molecule has 1 rings (SSSR count). The van der Waals surface area contributed by atoms with Crippen LogP contribution < -0.4 is 10.0 Å². The molecule has 0 spiro atoms. The van der Waals surface area contributed by atoms with Crippen molar-refractivity contribution in [3.8, 4) is 0 Å². The molecule has 0 bridgehead atoms. The zero-order chi connectivity index (χ0) is 10.8. The maximum Gasteiger partial charge on any atom is 0.350 e. The summed E-state index contributed by atoms with van der Waals surface area (Å²) in [6.07, 6.45) is 1.39. The Morgan fingerprint density at radius 2 is 2.07 bits per heavy atom. The van der Waals surface area contributed by atoms with Crippen LogP contribution in [0.2, 0.25) is 0 Å². The van der Waals surface area contributed by atoms with Crippen LogP contribution in [0.5, 0.6) is 0 Å². The van der Waals surface area contributed by atoms with Gasteiger partial charge in [0, 0.05) is 18.6 Å². The van der Waals surface area contributed by atoms with Gasteiger partial charge >= 0.3 is 5.76 Å². The Morgan fingerprint density at radius 1 is 1.43 bits per heavy atom. The van der Waals surface area contributed by atoms with Crippen LogP contribution in [0.3, 0.4) is 0 Å². The quantitative estimate of drug-likeness (QED) is 0.729. The fourth-order valence-corrected chi connectivity index (χ4v) is 2.15. The molecule has 0 aliphatic carbocycles. The molecule has 1 heterocycles. The summed E-state index contributed by atoms with van der Waals surface area (Å²) in [5.74, 6) is -3.35. The van der Waals surface area contributed by atoms with Crippen molar-refractivity contribution in [1.82, 2.24) is 10.0 Å². The first kappa shape index (κ1) is 11.8. The molecule has 2 atom stereocenters. The van der Waals surface area contributed by atoms with Gasteiger partial charge in [-0.1, -0.05) is 0 Å². The van der Waals surface area contributed by atoms with Gasteiger partial charge in [0.2, 0.25) is 0 Å². The van der Waals surface area contributed by atoms with E-state index in [-0.39, 0.29) is 0 Å². The Kier molecular flexibility index (Phi) is 3.79. The monoisotopic (exact) mass is 228 g/mol. The van der Waals surface area contributed by atoms with Gasteiger partial charge in [-0.15, -0.1) is 0 Å². The molecule has 1 fully saturated rings. The number of rotatable bonds is 3. The fraction of sp³-hybridized carbons (Fsp3) is 1.00. The molecule has 14 heavy (non-hydrogen) atoms. The van der Waals surface area contributed by atoms with E-state index in [2.05, 4.69) is 5.32 Å². The van der Waals surface area contributed by atoms with E-state index in [1.807, 2.05) is 11.6 Å². The van der Waals surface area contributed by atoms with Crippen LogP contribution >= 0.6 is 0 Å². The van der Waals surface area contributed by atoms with Crippen molar-refractivity contribution in [1.29, 1.82) is 0 Å². The molecule has 4 nitrogen and oxygen atoms in total. The largest absolute Gasteiger partial charge is 0.350 e. The Hall–Kier alpha value is -0.270. The highest BCUT2D eigenvalue weighted by molar-refractivity contribution is 7.89. The number of nitrogens with one attached hydrogen (secondary N) is 2. The third-order valence-electron chi connectivity index (χ3n) is 2.23. The average molecular weight is 228 g/mol. The van der Waals surface area contributed by atoms with E-state index in [1.54, 1.807) is 0 Å². The average Bonchev–Trinajstić information content (AvgIpc) is 2.08. The van der Waals surface area contributed by atoms with E-state index >= 15 is 0 Å². The van der Waals surface area contributed by atoms with Crippen molar-refractivity contribution >= 4 is 10.0 Å². The van der Waals surface area contributed by atoms with Gasteiger partial charge in [0.1, 0.15) is 0 Å². The molecule has 84 valence electrons. The lowest BCUT2D eigenvalue weighted by atomic mass is 10.0. The lowest BCUT2D eigenvalue weighted by Crippen LogP contribution is -2.49. The van der Waals surface area contributed by atoms with Crippen LogP contribution in [-0.4, -0.2) is 32.8 Å². The molecule has 1 saturated heterocycles. The van der Waals surface area contributed by atoms with Crippen LogP contribution in [0.15, 0.2) is 0 Å². The first-order chi connectivity index (χ1) is 6.42. The van der Waals surface area contributed by atoms with Crippen LogP contribution in [0, 0.1) is 0 Å². The molecule has 0 aromatic heterocycles. The highest BCUT2D eigenvalue weighted by Gasteiger charge is 2.28. The smallest absolute Gasteiger partial charge is 0.313 e. The number of sulfonamides is 1. The summed E-state index contributed by atoms with van der Waals surface area (Å²) < 4.78 is 47.5. The highest BCUT2D eigenvalue weighted by Crippen LogP contribution is 2.10. The number of piperidine rings is 1. The molecule has 2 N–H and O–H groups in total. The maximum absolute atomic E-state index is 12.0. The van der Waals surface area contributed by atoms with Gasteiger partial charge < -0.3 is 5.32 Å². The number of halogens is 2. The first-order valence-electron chi connectivity index (χ1n) is 4.44. The summed E-state index contributed by atoms with van der Waals surface area (Å²) in [6, 6.07) is -0.0903. The molecule has 0 aromatic carbocycles. The number of hydrogen-bond donors (Lipinski definition) is 2. The Balaban J connectivity index is 2.46. The van der Waals surface area contributed by atoms with Crippen molar-refractivity contribution in [2.24, 2.45) is 0 Å². The molecule has 7 heteroatoms. The molecule has 0 aromatic rings. The second kappa shape index (κ2) is 4.50. The van der Waals surface area contributed by atoms with Crippen LogP contribution in [0.4, 0.5) is 8.78 Å². The van der Waals surface area contributed by atoms with E-state index in [4.69, 9.17) is 0 Å². The normalized spacial score (nSPS) is 29.4. The third-order valence-corrected chi connectivity index (χ3v) is 3.36. The molecule has 0 radical (unpaired) electrons. The highest BCUT2D eigenvalue weighted by atomic mass is 32.2. The SMILES string of the molecule is CC1CCC(NS(=O)(=O)C(F)F)CN1. The van der Waals surface area contributed by atoms with Gasteiger partial charge in [-0.2, -0.15) is 8.78 Å². The summed E-state index contributed by atoms with van der Waals surface area (Å²) in [6.45, 7) is 2.38. The minimum absolute atomic E-state index is 0.322. The van der Waals surface area contributed by atoms with Crippen LogP contribution in [0.1, 0.15) is 19.8 Å². The minimum Gasteiger partial charge on any atom is -0.313 e. The Bertz CT molecular complexity index is 273. The number of hydrogen-bond acceptors (Lipinski definition) is 3. The minimum atomic E-state index is -4.44. The van der Waals surface area contributed by atoms with Gasteiger partial charge in [0.25, 0.3) is 10.0 Å². The van der Waals surface area contributed by atoms with E-state index in [0.29, 0.717) is 19.0 Å². The number of alkyl halides is 2. The summed E-state index contributed by atoms with van der Waals surface area (Å²) >= 11 is 0. The zero-order valence-corrected chi connectivity index (χ0v) is 8.65. The topological polar surface area (TPSA) is 58.2 Å².